The summed E-state index contributed by atoms with van der Waals surface area (Å²) in [6.45, 7) is 4.10. The van der Waals surface area contributed by atoms with Gasteiger partial charge in [0, 0.05) is 39.1 Å². The van der Waals surface area contributed by atoms with Crippen molar-refractivity contribution in [2.24, 2.45) is 17.6 Å². The summed E-state index contributed by atoms with van der Waals surface area (Å²) in [6, 6.07) is 10.1. The van der Waals surface area contributed by atoms with Crippen molar-refractivity contribution in [1.29, 1.82) is 0 Å². The van der Waals surface area contributed by atoms with Gasteiger partial charge >= 0.3 is 0 Å². The van der Waals surface area contributed by atoms with Crippen LogP contribution in [0, 0.1) is 11.8 Å². The molecular formula is C21H31N3O2. The van der Waals surface area contributed by atoms with Crippen molar-refractivity contribution >= 4 is 11.8 Å². The first-order valence-corrected chi connectivity index (χ1v) is 9.86. The summed E-state index contributed by atoms with van der Waals surface area (Å²) in [5.41, 5.74) is 7.28. The van der Waals surface area contributed by atoms with E-state index >= 15 is 0 Å². The van der Waals surface area contributed by atoms with Crippen LogP contribution < -0.4 is 5.73 Å². The van der Waals surface area contributed by atoms with E-state index in [4.69, 9.17) is 5.73 Å². The highest BCUT2D eigenvalue weighted by Gasteiger charge is 2.32. The Hall–Kier alpha value is -1.88. The molecule has 2 N–H and O–H groups in total. The fourth-order valence-corrected chi connectivity index (χ4v) is 3.96. The van der Waals surface area contributed by atoms with E-state index in [1.165, 1.54) is 19.3 Å². The van der Waals surface area contributed by atoms with Crippen molar-refractivity contribution in [2.45, 2.75) is 51.6 Å². The predicted molar refractivity (Wildman–Crippen MR) is 102 cm³/mol. The Morgan fingerprint density at radius 3 is 2.46 bits per heavy atom. The molecule has 1 heterocycles. The molecule has 1 saturated heterocycles. The van der Waals surface area contributed by atoms with Gasteiger partial charge in [-0.25, -0.2) is 0 Å². The maximum absolute atomic E-state index is 13.4. The van der Waals surface area contributed by atoms with E-state index in [0.717, 1.165) is 24.9 Å². The van der Waals surface area contributed by atoms with Crippen molar-refractivity contribution in [3.05, 3.63) is 35.9 Å². The number of rotatable bonds is 5. The predicted octanol–water partition coefficient (Wildman–Crippen LogP) is 2.40. The lowest BCUT2D eigenvalue weighted by Crippen LogP contribution is -2.45. The second kappa shape index (κ2) is 8.67. The molecule has 26 heavy (non-hydrogen) atoms. The summed E-state index contributed by atoms with van der Waals surface area (Å²) in [4.78, 5) is 29.0. The normalized spacial score (nSPS) is 23.8. The minimum absolute atomic E-state index is 0.00810. The summed E-state index contributed by atoms with van der Waals surface area (Å²) < 4.78 is 0. The van der Waals surface area contributed by atoms with Gasteiger partial charge in [0.1, 0.15) is 0 Å². The average Bonchev–Trinajstić information content (AvgIpc) is 2.79. The molecule has 2 amide bonds. The zero-order valence-electron chi connectivity index (χ0n) is 15.8. The van der Waals surface area contributed by atoms with Gasteiger partial charge in [-0.1, -0.05) is 36.8 Å². The zero-order chi connectivity index (χ0) is 18.5. The molecule has 0 spiro atoms. The maximum atomic E-state index is 13.4. The molecule has 2 aliphatic rings. The van der Waals surface area contributed by atoms with Crippen LogP contribution in [0.5, 0.6) is 0 Å². The first-order chi connectivity index (χ1) is 12.5. The molecule has 5 heteroatoms. The number of nitrogens with zero attached hydrogens (tertiary/aromatic N) is 2. The summed E-state index contributed by atoms with van der Waals surface area (Å²) in [6.07, 6.45) is 5.26. The van der Waals surface area contributed by atoms with Crippen LogP contribution in [0.4, 0.5) is 0 Å². The Bertz CT molecular complexity index is 615. The van der Waals surface area contributed by atoms with Crippen LogP contribution in [0.2, 0.25) is 0 Å². The second-order valence-corrected chi connectivity index (χ2v) is 7.96. The third kappa shape index (κ3) is 4.85. The summed E-state index contributed by atoms with van der Waals surface area (Å²) in [5, 5.41) is 0. The first kappa shape index (κ1) is 18.9. The zero-order valence-corrected chi connectivity index (χ0v) is 15.8. The third-order valence-electron chi connectivity index (χ3n) is 5.81. The third-order valence-corrected chi connectivity index (χ3v) is 5.81. The smallest absolute Gasteiger partial charge is 0.227 e. The van der Waals surface area contributed by atoms with E-state index in [-0.39, 0.29) is 23.8 Å². The Morgan fingerprint density at radius 2 is 1.85 bits per heavy atom. The molecule has 0 unspecified atom stereocenters. The van der Waals surface area contributed by atoms with Crippen LogP contribution >= 0.6 is 0 Å². The molecule has 142 valence electrons. The number of hydrogen-bond acceptors (Lipinski definition) is 3. The largest absolute Gasteiger partial charge is 0.341 e. The van der Waals surface area contributed by atoms with Gasteiger partial charge in [0.2, 0.25) is 11.8 Å². The van der Waals surface area contributed by atoms with Crippen LogP contribution in [0.15, 0.2) is 30.3 Å². The Kier molecular flexibility index (Phi) is 6.30. The summed E-state index contributed by atoms with van der Waals surface area (Å²) in [7, 11) is 0. The van der Waals surface area contributed by atoms with Gasteiger partial charge < -0.3 is 15.5 Å². The van der Waals surface area contributed by atoms with Gasteiger partial charge in [0.05, 0.1) is 5.92 Å². The molecule has 2 atom stereocenters. The van der Waals surface area contributed by atoms with Crippen LogP contribution in [0.1, 0.15) is 44.6 Å². The standard InChI is InChI=1S/C21H31N3O2/c1-16(25)23-14-19(10-11-20(22)15-23)21(26)24(13-18-8-5-9-18)12-17-6-3-2-4-7-17/h2-4,6-7,18-20H,5,8-15,22H2,1H3/t19-,20+/m1/s1. The highest BCUT2D eigenvalue weighted by molar-refractivity contribution is 5.80. The van der Waals surface area contributed by atoms with E-state index in [1.807, 2.05) is 23.1 Å². The number of carbonyl (C=O) groups is 2. The minimum Gasteiger partial charge on any atom is -0.341 e. The average molecular weight is 357 g/mol. The van der Waals surface area contributed by atoms with Gasteiger partial charge in [-0.3, -0.25) is 9.59 Å². The Balaban J connectivity index is 1.73. The van der Waals surface area contributed by atoms with E-state index in [1.54, 1.807) is 11.8 Å². The number of hydrogen-bond donors (Lipinski definition) is 1. The van der Waals surface area contributed by atoms with E-state index < -0.39 is 0 Å². The number of benzene rings is 1. The highest BCUT2D eigenvalue weighted by atomic mass is 16.2. The lowest BCUT2D eigenvalue weighted by atomic mass is 9.84. The van der Waals surface area contributed by atoms with E-state index in [0.29, 0.717) is 25.6 Å². The molecule has 1 saturated carbocycles. The lowest BCUT2D eigenvalue weighted by molar-refractivity contribution is -0.139. The van der Waals surface area contributed by atoms with Crippen molar-refractivity contribution in [3.63, 3.8) is 0 Å². The van der Waals surface area contributed by atoms with Gasteiger partial charge in [-0.2, -0.15) is 0 Å². The number of amides is 2. The number of carbonyl (C=O) groups excluding carboxylic acids is 2. The van der Waals surface area contributed by atoms with Crippen molar-refractivity contribution in [1.82, 2.24) is 9.80 Å². The fraction of sp³-hybridized carbons (Fsp3) is 0.619. The monoisotopic (exact) mass is 357 g/mol. The van der Waals surface area contributed by atoms with Crippen molar-refractivity contribution < 1.29 is 9.59 Å². The van der Waals surface area contributed by atoms with Crippen LogP contribution in [-0.2, 0) is 16.1 Å². The molecule has 2 fully saturated rings. The molecule has 0 radical (unpaired) electrons. The second-order valence-electron chi connectivity index (χ2n) is 7.96. The van der Waals surface area contributed by atoms with Crippen molar-refractivity contribution in [3.8, 4) is 0 Å². The Labute approximate surface area is 156 Å². The summed E-state index contributed by atoms with van der Waals surface area (Å²) >= 11 is 0. The molecule has 0 bridgehead atoms. The summed E-state index contributed by atoms with van der Waals surface area (Å²) in [5.74, 6) is 0.672. The molecule has 0 aromatic heterocycles. The number of likely N-dealkylation sites (tertiary alicyclic amines) is 1. The van der Waals surface area contributed by atoms with Gasteiger partial charge in [-0.05, 0) is 37.2 Å². The van der Waals surface area contributed by atoms with Crippen LogP contribution in [0.25, 0.3) is 0 Å². The molecule has 1 aromatic carbocycles. The van der Waals surface area contributed by atoms with Crippen LogP contribution in [-0.4, -0.2) is 47.3 Å². The Morgan fingerprint density at radius 1 is 1.12 bits per heavy atom. The van der Waals surface area contributed by atoms with Crippen molar-refractivity contribution in [2.75, 3.05) is 19.6 Å². The first-order valence-electron chi connectivity index (χ1n) is 9.86. The maximum Gasteiger partial charge on any atom is 0.227 e. The SMILES string of the molecule is CC(=O)N1C[C@@H](N)CC[C@@H](C(=O)N(Cc2ccccc2)CC2CCC2)C1. The molecule has 1 aromatic rings. The van der Waals surface area contributed by atoms with E-state index in [9.17, 15) is 9.59 Å². The molecular weight excluding hydrogens is 326 g/mol. The fourth-order valence-electron chi connectivity index (χ4n) is 3.96. The quantitative estimate of drug-likeness (QED) is 0.880. The lowest BCUT2D eigenvalue weighted by Gasteiger charge is -2.35. The number of nitrogens with two attached hydrogens (primary N) is 1. The molecule has 5 nitrogen and oxygen atoms in total. The van der Waals surface area contributed by atoms with Crippen LogP contribution in [0.3, 0.4) is 0 Å². The van der Waals surface area contributed by atoms with E-state index in [2.05, 4.69) is 12.1 Å². The molecule has 1 aliphatic carbocycles. The topological polar surface area (TPSA) is 66.6 Å². The molecule has 1 aliphatic heterocycles. The van der Waals surface area contributed by atoms with Gasteiger partial charge in [0.15, 0.2) is 0 Å². The highest BCUT2D eigenvalue weighted by Crippen LogP contribution is 2.29. The van der Waals surface area contributed by atoms with Gasteiger partial charge in [0.25, 0.3) is 0 Å². The minimum atomic E-state index is -0.142. The van der Waals surface area contributed by atoms with Gasteiger partial charge in [-0.15, -0.1) is 0 Å². The molecule has 3 rings (SSSR count).